The molecule has 0 amide bonds. The van der Waals surface area contributed by atoms with Crippen LogP contribution in [0.3, 0.4) is 0 Å². The molecule has 0 spiro atoms. The van der Waals surface area contributed by atoms with Crippen LogP contribution in [0.25, 0.3) is 0 Å². The zero-order valence-corrected chi connectivity index (χ0v) is 16.1. The van der Waals surface area contributed by atoms with Gasteiger partial charge in [-0.1, -0.05) is 51.7 Å². The smallest absolute Gasteiger partial charge is 0.268 e. The molecule has 0 radical (unpaired) electrons. The molecule has 4 nitrogen and oxygen atoms in total. The first-order valence-electron chi connectivity index (χ1n) is 9.09. The third-order valence-corrected chi connectivity index (χ3v) is 4.91. The summed E-state index contributed by atoms with van der Waals surface area (Å²) in [6.45, 7) is 6.04. The number of unbranched alkanes of at least 4 members (excludes halogenated alkanes) is 4. The van der Waals surface area contributed by atoms with Crippen LogP contribution >= 0.6 is 0 Å². The molecule has 1 N–H and O–H groups in total. The molecule has 0 aliphatic carbocycles. The van der Waals surface area contributed by atoms with Gasteiger partial charge in [-0.05, 0) is 49.8 Å². The SMILES string of the molecule is CCCCCc1ccc(OC(C)CS(=O)(=O)O)c(CCCCC)c1. The lowest BCUT2D eigenvalue weighted by Crippen LogP contribution is -2.23. The van der Waals surface area contributed by atoms with Crippen molar-refractivity contribution >= 4 is 10.1 Å². The highest BCUT2D eigenvalue weighted by molar-refractivity contribution is 7.85. The first-order chi connectivity index (χ1) is 11.4. The number of hydrogen-bond donors (Lipinski definition) is 1. The van der Waals surface area contributed by atoms with Crippen LogP contribution < -0.4 is 4.74 Å². The van der Waals surface area contributed by atoms with E-state index in [2.05, 4.69) is 26.0 Å². The highest BCUT2D eigenvalue weighted by atomic mass is 32.2. The van der Waals surface area contributed by atoms with E-state index in [1.165, 1.54) is 31.2 Å². The second-order valence-electron chi connectivity index (χ2n) is 6.53. The van der Waals surface area contributed by atoms with Gasteiger partial charge in [0.1, 0.15) is 17.6 Å². The Kier molecular flexibility index (Phi) is 9.37. The van der Waals surface area contributed by atoms with Crippen molar-refractivity contribution in [1.29, 1.82) is 0 Å². The number of aryl methyl sites for hydroxylation is 2. The third kappa shape index (κ3) is 8.69. The maximum Gasteiger partial charge on any atom is 0.268 e. The van der Waals surface area contributed by atoms with E-state index in [0.717, 1.165) is 37.0 Å². The summed E-state index contributed by atoms with van der Waals surface area (Å²) >= 11 is 0. The van der Waals surface area contributed by atoms with Crippen LogP contribution in [0.2, 0.25) is 0 Å². The van der Waals surface area contributed by atoms with Crippen molar-refractivity contribution in [3.8, 4) is 5.75 Å². The quantitative estimate of drug-likeness (QED) is 0.431. The van der Waals surface area contributed by atoms with Crippen LogP contribution in [-0.2, 0) is 23.0 Å². The van der Waals surface area contributed by atoms with Crippen molar-refractivity contribution in [2.24, 2.45) is 0 Å². The van der Waals surface area contributed by atoms with Crippen molar-refractivity contribution in [2.45, 2.75) is 78.2 Å². The maximum absolute atomic E-state index is 11.0. The lowest BCUT2D eigenvalue weighted by Gasteiger charge is -2.17. The van der Waals surface area contributed by atoms with Gasteiger partial charge in [-0.3, -0.25) is 4.55 Å². The van der Waals surface area contributed by atoms with Gasteiger partial charge in [-0.2, -0.15) is 8.42 Å². The van der Waals surface area contributed by atoms with Crippen molar-refractivity contribution in [2.75, 3.05) is 5.75 Å². The van der Waals surface area contributed by atoms with E-state index in [4.69, 9.17) is 9.29 Å². The molecular formula is C19H32O4S. The summed E-state index contributed by atoms with van der Waals surface area (Å²) in [5.74, 6) is 0.348. The fraction of sp³-hybridized carbons (Fsp3) is 0.684. The lowest BCUT2D eigenvalue weighted by atomic mass is 10.00. The number of rotatable bonds is 12. The Morgan fingerprint density at radius 2 is 1.67 bits per heavy atom. The Hall–Kier alpha value is -1.07. The Morgan fingerprint density at radius 1 is 1.04 bits per heavy atom. The fourth-order valence-corrected chi connectivity index (χ4v) is 3.45. The highest BCUT2D eigenvalue weighted by Gasteiger charge is 2.15. The first kappa shape index (κ1) is 21.0. The molecular weight excluding hydrogens is 324 g/mol. The van der Waals surface area contributed by atoms with Crippen LogP contribution in [0, 0.1) is 0 Å². The van der Waals surface area contributed by atoms with Gasteiger partial charge in [0.25, 0.3) is 10.1 Å². The molecule has 1 aromatic rings. The number of ether oxygens (including phenoxy) is 1. The van der Waals surface area contributed by atoms with Crippen LogP contribution in [0.5, 0.6) is 5.75 Å². The largest absolute Gasteiger partial charge is 0.489 e. The van der Waals surface area contributed by atoms with Crippen LogP contribution in [0.4, 0.5) is 0 Å². The Morgan fingerprint density at radius 3 is 2.25 bits per heavy atom. The minimum absolute atomic E-state index is 0.389. The topological polar surface area (TPSA) is 63.6 Å². The summed E-state index contributed by atoms with van der Waals surface area (Å²) < 4.78 is 36.8. The normalized spacial score (nSPS) is 13.0. The minimum Gasteiger partial charge on any atom is -0.489 e. The summed E-state index contributed by atoms with van der Waals surface area (Å²) in [6, 6.07) is 6.21. The van der Waals surface area contributed by atoms with E-state index >= 15 is 0 Å². The summed E-state index contributed by atoms with van der Waals surface area (Å²) in [4.78, 5) is 0. The van der Waals surface area contributed by atoms with E-state index in [1.807, 2.05) is 6.07 Å². The molecule has 0 bridgehead atoms. The summed E-state index contributed by atoms with van der Waals surface area (Å²) in [6.07, 6.45) is 8.47. The van der Waals surface area contributed by atoms with Gasteiger partial charge in [-0.15, -0.1) is 0 Å². The van der Waals surface area contributed by atoms with Gasteiger partial charge in [-0.25, -0.2) is 0 Å². The standard InChI is InChI=1S/C19H32O4S/c1-4-6-8-10-17-12-13-19(18(14-17)11-9-7-5-2)23-16(3)15-24(20,21)22/h12-14,16H,4-11,15H2,1-3H3,(H,20,21,22). The van der Waals surface area contributed by atoms with Crippen LogP contribution in [-0.4, -0.2) is 24.8 Å². The fourth-order valence-electron chi connectivity index (χ4n) is 2.79. The summed E-state index contributed by atoms with van der Waals surface area (Å²) in [5.41, 5.74) is 2.45. The molecule has 138 valence electrons. The zero-order valence-electron chi connectivity index (χ0n) is 15.3. The molecule has 1 unspecified atom stereocenters. The first-order valence-corrected chi connectivity index (χ1v) is 10.7. The van der Waals surface area contributed by atoms with Crippen molar-refractivity contribution in [3.05, 3.63) is 29.3 Å². The third-order valence-electron chi connectivity index (χ3n) is 4.02. The van der Waals surface area contributed by atoms with Crippen molar-refractivity contribution < 1.29 is 17.7 Å². The summed E-state index contributed by atoms with van der Waals surface area (Å²) in [5, 5.41) is 0. The van der Waals surface area contributed by atoms with Crippen LogP contribution in [0.15, 0.2) is 18.2 Å². The van der Waals surface area contributed by atoms with E-state index in [0.29, 0.717) is 0 Å². The van der Waals surface area contributed by atoms with E-state index in [-0.39, 0.29) is 5.75 Å². The van der Waals surface area contributed by atoms with Gasteiger partial charge < -0.3 is 4.74 Å². The van der Waals surface area contributed by atoms with E-state index in [9.17, 15) is 8.42 Å². The second-order valence-corrected chi connectivity index (χ2v) is 8.03. The molecule has 0 aromatic heterocycles. The zero-order chi connectivity index (χ0) is 18.0. The molecule has 1 aromatic carbocycles. The summed E-state index contributed by atoms with van der Waals surface area (Å²) in [7, 11) is -4.03. The van der Waals surface area contributed by atoms with Crippen molar-refractivity contribution in [3.63, 3.8) is 0 Å². The van der Waals surface area contributed by atoms with Gasteiger partial charge in [0.15, 0.2) is 0 Å². The Labute approximate surface area is 147 Å². The predicted octanol–water partition coefficient (Wildman–Crippen LogP) is 4.81. The van der Waals surface area contributed by atoms with Crippen LogP contribution in [0.1, 0.15) is 70.4 Å². The van der Waals surface area contributed by atoms with E-state index < -0.39 is 16.2 Å². The number of hydrogen-bond acceptors (Lipinski definition) is 3. The molecule has 0 aliphatic rings. The Bertz CT molecular complexity index is 581. The Balaban J connectivity index is 2.83. The van der Waals surface area contributed by atoms with E-state index in [1.54, 1.807) is 6.92 Å². The predicted molar refractivity (Wildman–Crippen MR) is 99.4 cm³/mol. The van der Waals surface area contributed by atoms with Gasteiger partial charge in [0.05, 0.1) is 0 Å². The molecule has 0 aliphatic heterocycles. The average Bonchev–Trinajstić information content (AvgIpc) is 2.48. The van der Waals surface area contributed by atoms with Gasteiger partial charge in [0.2, 0.25) is 0 Å². The molecule has 0 saturated heterocycles. The molecule has 0 saturated carbocycles. The lowest BCUT2D eigenvalue weighted by molar-refractivity contribution is 0.238. The minimum atomic E-state index is -4.03. The number of benzene rings is 1. The van der Waals surface area contributed by atoms with Gasteiger partial charge >= 0.3 is 0 Å². The highest BCUT2D eigenvalue weighted by Crippen LogP contribution is 2.25. The maximum atomic E-state index is 11.0. The molecule has 24 heavy (non-hydrogen) atoms. The molecule has 1 rings (SSSR count). The molecule has 1 atom stereocenters. The van der Waals surface area contributed by atoms with Crippen molar-refractivity contribution in [1.82, 2.24) is 0 Å². The molecule has 0 fully saturated rings. The second kappa shape index (κ2) is 10.7. The molecule has 5 heteroatoms. The van der Waals surface area contributed by atoms with Gasteiger partial charge in [0, 0.05) is 0 Å². The average molecular weight is 357 g/mol. The molecule has 0 heterocycles. The monoisotopic (exact) mass is 356 g/mol.